The van der Waals surface area contributed by atoms with E-state index in [0.717, 1.165) is 27.4 Å². The van der Waals surface area contributed by atoms with Gasteiger partial charge in [0.2, 0.25) is 11.8 Å². The first-order valence-electron chi connectivity index (χ1n) is 15.0. The van der Waals surface area contributed by atoms with Crippen LogP contribution in [0.2, 0.25) is 0 Å². The third-order valence-corrected chi connectivity index (χ3v) is 9.63. The molecule has 0 aliphatic carbocycles. The number of hydrogen-bond acceptors (Lipinski definition) is 5. The van der Waals surface area contributed by atoms with Crippen molar-refractivity contribution in [2.45, 2.75) is 57.1 Å². The van der Waals surface area contributed by atoms with Crippen molar-refractivity contribution >= 4 is 27.5 Å². The summed E-state index contributed by atoms with van der Waals surface area (Å²) in [4.78, 5) is 30.0. The first-order valence-corrected chi connectivity index (χ1v) is 16.5. The van der Waals surface area contributed by atoms with Crippen LogP contribution in [0.4, 0.5) is 5.69 Å². The molecule has 9 heteroatoms. The average molecular weight is 628 g/mol. The lowest BCUT2D eigenvalue weighted by molar-refractivity contribution is -0.140. The SMILES string of the molecule is CC[C@H](C)NC(=O)[C@@H](Cc1ccccc1)N(Cc1ccccc1C)C(=O)CN(c1ccccc1)S(=O)(=O)c1ccc(OC)cc1. The Bertz CT molecular complexity index is 1660. The minimum absolute atomic E-state index is 0.0146. The first kappa shape index (κ1) is 33.3. The molecular weight excluding hydrogens is 586 g/mol. The molecule has 2 amide bonds. The van der Waals surface area contributed by atoms with Crippen LogP contribution in [0.5, 0.6) is 5.75 Å². The van der Waals surface area contributed by atoms with Gasteiger partial charge in [0.25, 0.3) is 10.0 Å². The van der Waals surface area contributed by atoms with Gasteiger partial charge in [-0.25, -0.2) is 8.42 Å². The van der Waals surface area contributed by atoms with E-state index in [1.165, 1.54) is 24.1 Å². The molecule has 0 spiro atoms. The highest BCUT2D eigenvalue weighted by Crippen LogP contribution is 2.26. The normalized spacial score (nSPS) is 12.5. The molecule has 0 bridgehead atoms. The highest BCUT2D eigenvalue weighted by atomic mass is 32.2. The molecule has 0 saturated carbocycles. The number of benzene rings is 4. The van der Waals surface area contributed by atoms with Crippen molar-refractivity contribution in [3.63, 3.8) is 0 Å². The summed E-state index contributed by atoms with van der Waals surface area (Å²) in [6.07, 6.45) is 0.981. The zero-order valence-corrected chi connectivity index (χ0v) is 27.0. The van der Waals surface area contributed by atoms with E-state index in [-0.39, 0.29) is 29.8 Å². The van der Waals surface area contributed by atoms with Crippen LogP contribution in [0.15, 0.2) is 114 Å². The number of methoxy groups -OCH3 is 1. The minimum Gasteiger partial charge on any atom is -0.497 e. The van der Waals surface area contributed by atoms with Gasteiger partial charge in [-0.3, -0.25) is 13.9 Å². The molecule has 0 unspecified atom stereocenters. The Balaban J connectivity index is 1.79. The van der Waals surface area contributed by atoms with E-state index in [2.05, 4.69) is 5.32 Å². The molecule has 0 aromatic heterocycles. The van der Waals surface area contributed by atoms with Crippen LogP contribution in [0.25, 0.3) is 0 Å². The van der Waals surface area contributed by atoms with E-state index in [4.69, 9.17) is 4.74 Å². The van der Waals surface area contributed by atoms with E-state index >= 15 is 0 Å². The number of amides is 2. The van der Waals surface area contributed by atoms with E-state index in [9.17, 15) is 18.0 Å². The largest absolute Gasteiger partial charge is 0.497 e. The number of para-hydroxylation sites is 1. The molecular formula is C36H41N3O5S. The maximum absolute atomic E-state index is 14.5. The van der Waals surface area contributed by atoms with Crippen LogP contribution in [0, 0.1) is 6.92 Å². The second-order valence-electron chi connectivity index (χ2n) is 11.0. The van der Waals surface area contributed by atoms with Gasteiger partial charge in [-0.05, 0) is 73.4 Å². The molecule has 4 aromatic carbocycles. The van der Waals surface area contributed by atoms with E-state index in [0.29, 0.717) is 11.4 Å². The van der Waals surface area contributed by atoms with Gasteiger partial charge in [0.1, 0.15) is 18.3 Å². The van der Waals surface area contributed by atoms with Crippen molar-refractivity contribution in [3.8, 4) is 5.75 Å². The molecule has 0 saturated heterocycles. The molecule has 0 aliphatic heterocycles. The second kappa shape index (κ2) is 15.4. The fourth-order valence-corrected chi connectivity index (χ4v) is 6.38. The van der Waals surface area contributed by atoms with Crippen LogP contribution in [0.1, 0.15) is 37.0 Å². The fraction of sp³-hybridized carbons (Fsp3) is 0.278. The van der Waals surface area contributed by atoms with E-state index < -0.39 is 28.5 Å². The summed E-state index contributed by atoms with van der Waals surface area (Å²) in [6.45, 7) is 5.47. The lowest BCUT2D eigenvalue weighted by Gasteiger charge is -2.34. The molecule has 4 rings (SSSR count). The van der Waals surface area contributed by atoms with Gasteiger partial charge >= 0.3 is 0 Å². The lowest BCUT2D eigenvalue weighted by atomic mass is 10.0. The summed E-state index contributed by atoms with van der Waals surface area (Å²) in [7, 11) is -2.68. The van der Waals surface area contributed by atoms with Gasteiger partial charge in [-0.15, -0.1) is 0 Å². The minimum atomic E-state index is -4.19. The Morgan fingerprint density at radius 1 is 0.844 bits per heavy atom. The molecule has 45 heavy (non-hydrogen) atoms. The molecule has 4 aromatic rings. The molecule has 236 valence electrons. The first-order chi connectivity index (χ1) is 21.6. The molecule has 1 N–H and O–H groups in total. The topological polar surface area (TPSA) is 96.0 Å². The molecule has 2 atom stereocenters. The number of carbonyl (C=O) groups is 2. The maximum Gasteiger partial charge on any atom is 0.264 e. The van der Waals surface area contributed by atoms with Crippen LogP contribution >= 0.6 is 0 Å². The Labute approximate surface area is 266 Å². The molecule has 0 fully saturated rings. The molecule has 0 heterocycles. The smallest absolute Gasteiger partial charge is 0.264 e. The fourth-order valence-electron chi connectivity index (χ4n) is 4.96. The summed E-state index contributed by atoms with van der Waals surface area (Å²) < 4.78 is 34.6. The Morgan fingerprint density at radius 3 is 2.04 bits per heavy atom. The van der Waals surface area contributed by atoms with Crippen LogP contribution in [-0.4, -0.2) is 50.9 Å². The van der Waals surface area contributed by atoms with Gasteiger partial charge < -0.3 is 15.0 Å². The lowest BCUT2D eigenvalue weighted by Crippen LogP contribution is -2.54. The average Bonchev–Trinajstić information content (AvgIpc) is 3.06. The summed E-state index contributed by atoms with van der Waals surface area (Å²) in [5.74, 6) is -0.282. The molecule has 8 nitrogen and oxygen atoms in total. The Hall–Kier alpha value is -4.63. The predicted molar refractivity (Wildman–Crippen MR) is 178 cm³/mol. The number of hydrogen-bond donors (Lipinski definition) is 1. The predicted octanol–water partition coefficient (Wildman–Crippen LogP) is 5.75. The number of rotatable bonds is 14. The van der Waals surface area contributed by atoms with Gasteiger partial charge in [0.05, 0.1) is 17.7 Å². The number of ether oxygens (including phenoxy) is 1. The monoisotopic (exact) mass is 627 g/mol. The quantitative estimate of drug-likeness (QED) is 0.192. The van der Waals surface area contributed by atoms with E-state index in [1.54, 1.807) is 42.5 Å². The highest BCUT2D eigenvalue weighted by Gasteiger charge is 2.35. The third-order valence-electron chi connectivity index (χ3n) is 7.84. The van der Waals surface area contributed by atoms with E-state index in [1.807, 2.05) is 75.4 Å². The third kappa shape index (κ3) is 8.51. The summed E-state index contributed by atoms with van der Waals surface area (Å²) in [5.41, 5.74) is 3.04. The standard InChI is InChI=1S/C36H41N3O5S/c1-5-28(3)37-36(41)34(24-29-15-8-6-9-16-29)38(25-30-17-13-12-14-27(30)2)35(40)26-39(31-18-10-7-11-19-31)45(42,43)33-22-20-32(44-4)21-23-33/h6-23,28,34H,5,24-26H2,1-4H3,(H,37,41)/t28-,34+/m0/s1. The van der Waals surface area contributed by atoms with Crippen molar-refractivity contribution in [2.75, 3.05) is 18.0 Å². The number of nitrogens with zero attached hydrogens (tertiary/aromatic N) is 2. The van der Waals surface area contributed by atoms with Gasteiger partial charge in [-0.2, -0.15) is 0 Å². The van der Waals surface area contributed by atoms with Crippen molar-refractivity contribution in [1.82, 2.24) is 10.2 Å². The number of nitrogens with one attached hydrogen (secondary N) is 1. The van der Waals surface area contributed by atoms with Crippen LogP contribution in [0.3, 0.4) is 0 Å². The summed E-state index contributed by atoms with van der Waals surface area (Å²) >= 11 is 0. The highest BCUT2D eigenvalue weighted by molar-refractivity contribution is 7.92. The van der Waals surface area contributed by atoms with Crippen molar-refractivity contribution in [1.29, 1.82) is 0 Å². The molecule has 0 radical (unpaired) electrons. The molecule has 0 aliphatic rings. The number of anilines is 1. The number of aryl methyl sites for hydroxylation is 1. The van der Waals surface area contributed by atoms with Crippen molar-refractivity contribution < 1.29 is 22.7 Å². The Kier molecular flexibility index (Phi) is 11.4. The zero-order chi connectivity index (χ0) is 32.4. The van der Waals surface area contributed by atoms with Gasteiger partial charge in [0.15, 0.2) is 0 Å². The Morgan fingerprint density at radius 2 is 1.44 bits per heavy atom. The van der Waals surface area contributed by atoms with Crippen LogP contribution in [-0.2, 0) is 32.6 Å². The maximum atomic E-state index is 14.5. The second-order valence-corrected chi connectivity index (χ2v) is 12.9. The summed E-state index contributed by atoms with van der Waals surface area (Å²) in [5, 5.41) is 3.06. The zero-order valence-electron chi connectivity index (χ0n) is 26.2. The van der Waals surface area contributed by atoms with Crippen molar-refractivity contribution in [2.24, 2.45) is 0 Å². The van der Waals surface area contributed by atoms with Gasteiger partial charge in [-0.1, -0.05) is 79.7 Å². The summed E-state index contributed by atoms with van der Waals surface area (Å²) in [6, 6.07) is 30.8. The van der Waals surface area contributed by atoms with Gasteiger partial charge in [0, 0.05) is 19.0 Å². The van der Waals surface area contributed by atoms with Crippen LogP contribution < -0.4 is 14.4 Å². The number of sulfonamides is 1. The van der Waals surface area contributed by atoms with Crippen molar-refractivity contribution in [3.05, 3.63) is 126 Å². The number of carbonyl (C=O) groups excluding carboxylic acids is 2.